The lowest BCUT2D eigenvalue weighted by molar-refractivity contribution is 0.617. The fourth-order valence-electron chi connectivity index (χ4n) is 4.15. The van der Waals surface area contributed by atoms with E-state index in [2.05, 4.69) is 106 Å². The highest BCUT2D eigenvalue weighted by Gasteiger charge is 1.95. The molecule has 60 heavy (non-hydrogen) atoms. The third-order valence-corrected chi connectivity index (χ3v) is 10.1. The van der Waals surface area contributed by atoms with Crippen LogP contribution in [-0.4, -0.2) is 30.1 Å². The molecular formula is C50H60Br2ClFN6. The minimum absolute atomic E-state index is 0.116. The number of pyridine rings is 2. The van der Waals surface area contributed by atoms with E-state index < -0.39 is 0 Å². The van der Waals surface area contributed by atoms with Crippen molar-refractivity contribution >= 4 is 43.5 Å². The van der Waals surface area contributed by atoms with Crippen LogP contribution in [0.5, 0.6) is 0 Å². The van der Waals surface area contributed by atoms with Crippen molar-refractivity contribution in [1.29, 1.82) is 0 Å². The Morgan fingerprint density at radius 1 is 0.417 bits per heavy atom. The summed E-state index contributed by atoms with van der Waals surface area (Å²) in [5.41, 5.74) is 14.2. The van der Waals surface area contributed by atoms with Crippen LogP contribution >= 0.6 is 43.5 Å². The van der Waals surface area contributed by atoms with Gasteiger partial charge in [-0.25, -0.2) is 19.3 Å². The molecule has 4 aromatic heterocycles. The summed E-state index contributed by atoms with van der Waals surface area (Å²) >= 11 is 12.6. The van der Waals surface area contributed by atoms with E-state index >= 15 is 0 Å². The Morgan fingerprint density at radius 2 is 0.850 bits per heavy atom. The molecule has 3 aromatic carbocycles. The van der Waals surface area contributed by atoms with Crippen molar-refractivity contribution in [2.24, 2.45) is 0 Å². The van der Waals surface area contributed by atoms with E-state index in [9.17, 15) is 4.39 Å². The fourth-order valence-corrected chi connectivity index (χ4v) is 5.29. The molecule has 10 heteroatoms. The second-order valence-electron chi connectivity index (χ2n) is 14.4. The van der Waals surface area contributed by atoms with Gasteiger partial charge in [0.1, 0.15) is 16.2 Å². The molecule has 0 aliphatic carbocycles. The topological polar surface area (TPSA) is 77.3 Å². The van der Waals surface area contributed by atoms with Crippen LogP contribution in [0.15, 0.2) is 119 Å². The zero-order valence-corrected chi connectivity index (χ0v) is 41.5. The van der Waals surface area contributed by atoms with E-state index in [0.29, 0.717) is 5.56 Å². The molecule has 0 spiro atoms. The van der Waals surface area contributed by atoms with Crippen LogP contribution in [0.1, 0.15) is 78.7 Å². The molecule has 0 aliphatic heterocycles. The summed E-state index contributed by atoms with van der Waals surface area (Å²) in [6, 6.07) is 29.6. The van der Waals surface area contributed by atoms with Crippen molar-refractivity contribution in [3.63, 3.8) is 0 Å². The van der Waals surface area contributed by atoms with Gasteiger partial charge in [0.2, 0.25) is 0 Å². The summed E-state index contributed by atoms with van der Waals surface area (Å²) in [6.07, 6.45) is 5.49. The summed E-state index contributed by atoms with van der Waals surface area (Å²) in [4.78, 5) is 16.2. The summed E-state index contributed by atoms with van der Waals surface area (Å²) < 4.78 is 14.7. The van der Waals surface area contributed by atoms with E-state index in [0.717, 1.165) is 54.9 Å². The number of nitrogens with zero attached hydrogens (tertiary/aromatic N) is 6. The molecule has 0 fully saturated rings. The third-order valence-electron chi connectivity index (χ3n) is 8.06. The van der Waals surface area contributed by atoms with Gasteiger partial charge >= 0.3 is 0 Å². The maximum Gasteiger partial charge on any atom is 0.126 e. The Morgan fingerprint density at radius 3 is 1.22 bits per heavy atom. The predicted octanol–water partition coefficient (Wildman–Crippen LogP) is 14.8. The molecule has 0 aliphatic rings. The minimum atomic E-state index is -0.116. The standard InChI is InChI=1S/C8H9Br.C8H9Cl.C8H9F.C7H8BrN.C7H9N.2C6H8N2/c3*1-6-3-4-7(2)8(9)5-6;1-5-3-4-6(2)9-7(5)8;1-6-3-4-7(2)8-5-6;1-5-3-7-6(2)8-4-5;1-5-3-4-6(2)8-7-5/h3*3-5H,1-2H3;3-4H,1-2H3;3-5H,1-2H3;2*3-4H,1-2H3. The number of hydrogen-bond donors (Lipinski definition) is 0. The lowest BCUT2D eigenvalue weighted by Gasteiger charge is -1.96. The number of halogens is 4. The number of benzene rings is 3. The highest BCUT2D eigenvalue weighted by Crippen LogP contribution is 2.17. The van der Waals surface area contributed by atoms with Crippen LogP contribution in [0.4, 0.5) is 4.39 Å². The van der Waals surface area contributed by atoms with Crippen molar-refractivity contribution in [2.45, 2.75) is 96.9 Å². The molecule has 7 aromatic rings. The van der Waals surface area contributed by atoms with Crippen molar-refractivity contribution in [2.75, 3.05) is 0 Å². The average molecular weight is 959 g/mol. The lowest BCUT2D eigenvalue weighted by Crippen LogP contribution is -1.86. The van der Waals surface area contributed by atoms with E-state index in [1.54, 1.807) is 13.0 Å². The van der Waals surface area contributed by atoms with Crippen molar-refractivity contribution in [3.05, 3.63) is 208 Å². The van der Waals surface area contributed by atoms with Crippen LogP contribution in [0, 0.1) is 103 Å². The summed E-state index contributed by atoms with van der Waals surface area (Å²) in [5, 5.41) is 8.51. The van der Waals surface area contributed by atoms with E-state index in [4.69, 9.17) is 11.6 Å². The largest absolute Gasteiger partial charge is 0.261 e. The first-order valence-electron chi connectivity index (χ1n) is 19.4. The zero-order chi connectivity index (χ0) is 45.4. The van der Waals surface area contributed by atoms with Gasteiger partial charge in [-0.15, -0.1) is 0 Å². The summed E-state index contributed by atoms with van der Waals surface area (Å²) in [6.45, 7) is 27.6. The van der Waals surface area contributed by atoms with Crippen molar-refractivity contribution in [1.82, 2.24) is 30.1 Å². The Labute approximate surface area is 380 Å². The van der Waals surface area contributed by atoms with Gasteiger partial charge in [0, 0.05) is 39.5 Å². The van der Waals surface area contributed by atoms with Crippen molar-refractivity contribution in [3.8, 4) is 0 Å². The first kappa shape index (κ1) is 53.3. The first-order valence-corrected chi connectivity index (χ1v) is 21.3. The lowest BCUT2D eigenvalue weighted by atomic mass is 10.2. The molecule has 0 bridgehead atoms. The maximum atomic E-state index is 12.6. The molecule has 6 nitrogen and oxygen atoms in total. The smallest absolute Gasteiger partial charge is 0.126 e. The quantitative estimate of drug-likeness (QED) is 0.141. The number of hydrogen-bond acceptors (Lipinski definition) is 6. The monoisotopic (exact) mass is 956 g/mol. The zero-order valence-electron chi connectivity index (χ0n) is 37.6. The van der Waals surface area contributed by atoms with Gasteiger partial charge in [-0.05, 0) is 205 Å². The highest BCUT2D eigenvalue weighted by molar-refractivity contribution is 9.10. The van der Waals surface area contributed by atoms with E-state index in [1.165, 1.54) is 38.4 Å². The van der Waals surface area contributed by atoms with Gasteiger partial charge in [0.05, 0.1) is 11.4 Å². The highest BCUT2D eigenvalue weighted by atomic mass is 79.9. The molecule has 0 saturated carbocycles. The van der Waals surface area contributed by atoms with E-state index in [1.807, 2.05) is 143 Å². The Kier molecular flexibility index (Phi) is 25.5. The van der Waals surface area contributed by atoms with Gasteiger partial charge in [0.15, 0.2) is 0 Å². The molecule has 0 unspecified atom stereocenters. The molecule has 7 rings (SSSR count). The van der Waals surface area contributed by atoms with Crippen LogP contribution in [0.2, 0.25) is 5.02 Å². The Bertz CT molecular complexity index is 1940. The Hall–Kier alpha value is -4.70. The van der Waals surface area contributed by atoms with E-state index in [-0.39, 0.29) is 5.82 Å². The second kappa shape index (κ2) is 28.7. The molecule has 0 N–H and O–H groups in total. The maximum absolute atomic E-state index is 12.6. The van der Waals surface area contributed by atoms with Gasteiger partial charge < -0.3 is 0 Å². The third kappa shape index (κ3) is 24.4. The van der Waals surface area contributed by atoms with Crippen LogP contribution in [-0.2, 0) is 0 Å². The SMILES string of the molecule is Cc1ccc(C)c(Br)c1.Cc1ccc(C)c(Br)n1.Cc1ccc(C)c(Cl)c1.Cc1ccc(C)c(F)c1.Cc1ccc(C)nc1.Cc1ccc(C)nn1.Cc1cnc(C)nc1. The molecule has 4 heterocycles. The normalized spacial score (nSPS) is 9.50. The van der Waals surface area contributed by atoms with Gasteiger partial charge in [-0.1, -0.05) is 76.1 Å². The van der Waals surface area contributed by atoms with Crippen LogP contribution in [0.3, 0.4) is 0 Å². The van der Waals surface area contributed by atoms with Crippen LogP contribution < -0.4 is 0 Å². The number of rotatable bonds is 0. The van der Waals surface area contributed by atoms with Gasteiger partial charge in [0.25, 0.3) is 0 Å². The second-order valence-corrected chi connectivity index (χ2v) is 16.4. The van der Waals surface area contributed by atoms with Gasteiger partial charge in [-0.2, -0.15) is 10.2 Å². The molecule has 0 radical (unpaired) electrons. The molecular weight excluding hydrogens is 899 g/mol. The van der Waals surface area contributed by atoms with Crippen LogP contribution in [0.25, 0.3) is 0 Å². The molecule has 0 amide bonds. The number of aromatic nitrogens is 6. The summed E-state index contributed by atoms with van der Waals surface area (Å²) in [5.74, 6) is 0.714. The number of aryl methyl sites for hydroxylation is 14. The fraction of sp³-hybridized carbons (Fsp3) is 0.280. The Balaban J connectivity index is 0.000000350. The predicted molar refractivity (Wildman–Crippen MR) is 259 cm³/mol. The van der Waals surface area contributed by atoms with Crippen molar-refractivity contribution < 1.29 is 4.39 Å². The minimum Gasteiger partial charge on any atom is -0.261 e. The molecule has 318 valence electrons. The summed E-state index contributed by atoms with van der Waals surface area (Å²) in [7, 11) is 0. The molecule has 0 atom stereocenters. The average Bonchev–Trinajstić information content (AvgIpc) is 3.20. The first-order chi connectivity index (χ1) is 28.2. The molecule has 0 saturated heterocycles. The van der Waals surface area contributed by atoms with Gasteiger partial charge in [-0.3, -0.25) is 4.98 Å².